The van der Waals surface area contributed by atoms with Gasteiger partial charge in [-0.1, -0.05) is 28.1 Å². The van der Waals surface area contributed by atoms with Gasteiger partial charge in [-0.2, -0.15) is 0 Å². The molecule has 3 rings (SSSR count). The number of halogens is 1. The first-order valence-corrected chi connectivity index (χ1v) is 10.6. The Labute approximate surface area is 185 Å². The van der Waals surface area contributed by atoms with Crippen LogP contribution in [0.15, 0.2) is 64.3 Å². The lowest BCUT2D eigenvalue weighted by molar-refractivity contribution is -0.131. The standard InChI is InChI=1S/C24H26BrNO4/c1-14(27)21-20(26-18-9-7-17(25)8-10-18)13-24(3,29)23(15(2)28)22(21)16-5-11-19(30-4)12-6-16/h5-12,22-23,26,29H,13H2,1-4H3/t22-,23+,24+/m1/s1. The van der Waals surface area contributed by atoms with E-state index in [1.165, 1.54) is 13.8 Å². The Balaban J connectivity index is 2.18. The maximum Gasteiger partial charge on any atom is 0.158 e. The number of rotatable bonds is 6. The second-order valence-electron chi connectivity index (χ2n) is 7.95. The van der Waals surface area contributed by atoms with Crippen molar-refractivity contribution in [3.8, 4) is 5.75 Å². The maximum absolute atomic E-state index is 12.8. The van der Waals surface area contributed by atoms with Crippen LogP contribution in [0.4, 0.5) is 5.69 Å². The number of allylic oxidation sites excluding steroid dienone is 1. The molecule has 5 nitrogen and oxygen atoms in total. The minimum atomic E-state index is -1.31. The molecular weight excluding hydrogens is 446 g/mol. The lowest BCUT2D eigenvalue weighted by Crippen LogP contribution is -2.48. The average molecular weight is 472 g/mol. The van der Waals surface area contributed by atoms with Crippen LogP contribution >= 0.6 is 15.9 Å². The van der Waals surface area contributed by atoms with Gasteiger partial charge in [0.05, 0.1) is 18.6 Å². The van der Waals surface area contributed by atoms with Gasteiger partial charge in [-0.15, -0.1) is 0 Å². The van der Waals surface area contributed by atoms with Crippen LogP contribution < -0.4 is 10.1 Å². The number of methoxy groups -OCH3 is 1. The summed E-state index contributed by atoms with van der Waals surface area (Å²) in [5.41, 5.74) is 1.43. The van der Waals surface area contributed by atoms with Crippen molar-refractivity contribution in [1.82, 2.24) is 0 Å². The van der Waals surface area contributed by atoms with E-state index in [2.05, 4.69) is 21.2 Å². The normalized spacial score (nSPS) is 23.8. The number of benzene rings is 2. The molecule has 0 saturated heterocycles. The molecule has 0 unspecified atom stereocenters. The van der Waals surface area contributed by atoms with Crippen molar-refractivity contribution in [3.63, 3.8) is 0 Å². The number of ketones is 2. The van der Waals surface area contributed by atoms with Gasteiger partial charge in [0.1, 0.15) is 11.5 Å². The number of anilines is 1. The van der Waals surface area contributed by atoms with Crippen LogP contribution in [0.5, 0.6) is 5.75 Å². The topological polar surface area (TPSA) is 75.6 Å². The second-order valence-corrected chi connectivity index (χ2v) is 8.87. The zero-order valence-electron chi connectivity index (χ0n) is 17.5. The van der Waals surface area contributed by atoms with Crippen LogP contribution in [0.2, 0.25) is 0 Å². The van der Waals surface area contributed by atoms with E-state index in [0.29, 0.717) is 17.0 Å². The fourth-order valence-electron chi connectivity index (χ4n) is 4.37. The SMILES string of the molecule is COc1ccc([C@@H]2C(C(C)=O)=C(Nc3ccc(Br)cc3)C[C@](C)(O)[C@H]2C(C)=O)cc1. The summed E-state index contributed by atoms with van der Waals surface area (Å²) in [5, 5.41) is 14.6. The van der Waals surface area contributed by atoms with E-state index in [1.807, 2.05) is 36.4 Å². The zero-order chi connectivity index (χ0) is 22.1. The van der Waals surface area contributed by atoms with Crippen LogP contribution in [0.3, 0.4) is 0 Å². The summed E-state index contributed by atoms with van der Waals surface area (Å²) in [4.78, 5) is 25.5. The van der Waals surface area contributed by atoms with Crippen LogP contribution in [-0.2, 0) is 9.59 Å². The molecule has 0 saturated carbocycles. The van der Waals surface area contributed by atoms with Crippen molar-refractivity contribution < 1.29 is 19.4 Å². The van der Waals surface area contributed by atoms with Gasteiger partial charge in [0.25, 0.3) is 0 Å². The minimum absolute atomic E-state index is 0.128. The second kappa shape index (κ2) is 8.74. The van der Waals surface area contributed by atoms with Gasteiger partial charge in [-0.05, 0) is 62.7 Å². The van der Waals surface area contributed by atoms with E-state index < -0.39 is 17.4 Å². The van der Waals surface area contributed by atoms with E-state index >= 15 is 0 Å². The first-order valence-electron chi connectivity index (χ1n) is 9.77. The molecule has 0 aromatic heterocycles. The van der Waals surface area contributed by atoms with Crippen molar-refractivity contribution in [2.45, 2.75) is 38.7 Å². The Morgan fingerprint density at radius 1 is 1.10 bits per heavy atom. The third-order valence-electron chi connectivity index (χ3n) is 5.61. The molecule has 1 aliphatic rings. The predicted octanol–water partition coefficient (Wildman–Crippen LogP) is 4.86. The van der Waals surface area contributed by atoms with Crippen molar-refractivity contribution in [2.75, 3.05) is 12.4 Å². The Morgan fingerprint density at radius 2 is 1.70 bits per heavy atom. The summed E-state index contributed by atoms with van der Waals surface area (Å²) >= 11 is 3.42. The molecule has 0 heterocycles. The number of hydrogen-bond acceptors (Lipinski definition) is 5. The van der Waals surface area contributed by atoms with Crippen molar-refractivity contribution >= 4 is 33.2 Å². The summed E-state index contributed by atoms with van der Waals surface area (Å²) < 4.78 is 6.19. The summed E-state index contributed by atoms with van der Waals surface area (Å²) in [6.07, 6.45) is 0.175. The summed E-state index contributed by atoms with van der Waals surface area (Å²) in [6, 6.07) is 14.9. The van der Waals surface area contributed by atoms with Gasteiger partial charge in [0, 0.05) is 33.8 Å². The third kappa shape index (κ3) is 4.50. The van der Waals surface area contributed by atoms with Crippen molar-refractivity contribution in [2.24, 2.45) is 5.92 Å². The van der Waals surface area contributed by atoms with Gasteiger partial charge >= 0.3 is 0 Å². The lowest BCUT2D eigenvalue weighted by Gasteiger charge is -2.43. The number of carbonyl (C=O) groups is 2. The number of hydrogen-bond donors (Lipinski definition) is 2. The first kappa shape index (κ1) is 22.2. The van der Waals surface area contributed by atoms with Crippen LogP contribution in [0, 0.1) is 5.92 Å². The molecule has 3 atom stereocenters. The van der Waals surface area contributed by atoms with E-state index in [1.54, 1.807) is 26.2 Å². The Hall–Kier alpha value is -2.44. The smallest absolute Gasteiger partial charge is 0.158 e. The molecule has 1 aliphatic carbocycles. The fourth-order valence-corrected chi connectivity index (χ4v) is 4.63. The molecule has 0 radical (unpaired) electrons. The summed E-state index contributed by atoms with van der Waals surface area (Å²) in [5.74, 6) is -0.894. The Morgan fingerprint density at radius 3 is 2.20 bits per heavy atom. The average Bonchev–Trinajstić information content (AvgIpc) is 2.68. The minimum Gasteiger partial charge on any atom is -0.497 e. The van der Waals surface area contributed by atoms with Gasteiger partial charge in [0.2, 0.25) is 0 Å². The molecule has 0 bridgehead atoms. The van der Waals surface area contributed by atoms with Crippen molar-refractivity contribution in [3.05, 3.63) is 69.8 Å². The molecule has 0 amide bonds. The van der Waals surface area contributed by atoms with E-state index in [4.69, 9.17) is 4.74 Å². The van der Waals surface area contributed by atoms with Crippen LogP contribution in [0.25, 0.3) is 0 Å². The fraction of sp³-hybridized carbons (Fsp3) is 0.333. The molecular formula is C24H26BrNO4. The summed E-state index contributed by atoms with van der Waals surface area (Å²) in [6.45, 7) is 4.64. The summed E-state index contributed by atoms with van der Waals surface area (Å²) in [7, 11) is 1.58. The molecule has 2 N–H and O–H groups in total. The molecule has 0 aliphatic heterocycles. The predicted molar refractivity (Wildman–Crippen MR) is 121 cm³/mol. The van der Waals surface area contributed by atoms with Crippen LogP contribution in [-0.4, -0.2) is 29.4 Å². The van der Waals surface area contributed by atoms with E-state index in [9.17, 15) is 14.7 Å². The number of nitrogens with one attached hydrogen (secondary N) is 1. The highest BCUT2D eigenvalue weighted by Crippen LogP contribution is 2.48. The molecule has 0 fully saturated rings. The largest absolute Gasteiger partial charge is 0.497 e. The molecule has 6 heteroatoms. The zero-order valence-corrected chi connectivity index (χ0v) is 19.1. The van der Waals surface area contributed by atoms with Crippen molar-refractivity contribution in [1.29, 1.82) is 0 Å². The highest BCUT2D eigenvalue weighted by atomic mass is 79.9. The number of Topliss-reactive ketones (excluding diaryl/α,β-unsaturated/α-hetero) is 2. The molecule has 0 spiro atoms. The van der Waals surface area contributed by atoms with E-state index in [0.717, 1.165) is 15.7 Å². The van der Waals surface area contributed by atoms with Crippen LogP contribution in [0.1, 0.15) is 38.7 Å². The monoisotopic (exact) mass is 471 g/mol. The van der Waals surface area contributed by atoms with Gasteiger partial charge < -0.3 is 15.2 Å². The van der Waals surface area contributed by atoms with E-state index in [-0.39, 0.29) is 18.0 Å². The first-order chi connectivity index (χ1) is 14.1. The quantitative estimate of drug-likeness (QED) is 0.629. The highest BCUT2D eigenvalue weighted by molar-refractivity contribution is 9.10. The number of carbonyl (C=O) groups excluding carboxylic acids is 2. The Bertz CT molecular complexity index is 977. The third-order valence-corrected chi connectivity index (χ3v) is 6.13. The van der Waals surface area contributed by atoms with Gasteiger partial charge in [-0.3, -0.25) is 9.59 Å². The number of aliphatic hydroxyl groups is 1. The lowest BCUT2D eigenvalue weighted by atomic mass is 9.64. The maximum atomic E-state index is 12.8. The molecule has 30 heavy (non-hydrogen) atoms. The highest BCUT2D eigenvalue weighted by Gasteiger charge is 2.49. The molecule has 2 aromatic rings. The Kier molecular flexibility index (Phi) is 6.48. The molecule has 158 valence electrons. The van der Waals surface area contributed by atoms with Gasteiger partial charge in [0.15, 0.2) is 5.78 Å². The van der Waals surface area contributed by atoms with Gasteiger partial charge in [-0.25, -0.2) is 0 Å². The number of ether oxygens (including phenoxy) is 1. The molecule has 2 aromatic carbocycles.